The highest BCUT2D eigenvalue weighted by atomic mass is 16.5. The molecule has 1 aliphatic heterocycles. The summed E-state index contributed by atoms with van der Waals surface area (Å²) >= 11 is 0. The molecule has 0 aliphatic carbocycles. The van der Waals surface area contributed by atoms with Crippen LogP contribution in [0.2, 0.25) is 0 Å². The number of rotatable bonds is 7. The molecule has 1 fully saturated rings. The second kappa shape index (κ2) is 9.94. The molecule has 0 spiro atoms. The number of nitrogens with zero attached hydrogens (tertiary/aromatic N) is 1. The van der Waals surface area contributed by atoms with E-state index >= 15 is 0 Å². The van der Waals surface area contributed by atoms with Crippen molar-refractivity contribution in [2.45, 2.75) is 25.6 Å². The third-order valence-electron chi connectivity index (χ3n) is 4.51. The van der Waals surface area contributed by atoms with Gasteiger partial charge in [-0.05, 0) is 31.0 Å². The van der Waals surface area contributed by atoms with Gasteiger partial charge in [-0.1, -0.05) is 36.4 Å². The predicted octanol–water partition coefficient (Wildman–Crippen LogP) is 3.27. The summed E-state index contributed by atoms with van der Waals surface area (Å²) in [5, 5.41) is 11.9. The number of aliphatic hydroxyl groups is 1. The molecule has 2 aromatic carbocycles. The number of anilines is 1. The van der Waals surface area contributed by atoms with Gasteiger partial charge in [0.25, 0.3) is 0 Å². The highest BCUT2D eigenvalue weighted by molar-refractivity contribution is 5.90. The van der Waals surface area contributed by atoms with Crippen molar-refractivity contribution in [1.29, 1.82) is 0 Å². The van der Waals surface area contributed by atoms with Gasteiger partial charge < -0.3 is 24.8 Å². The Morgan fingerprint density at radius 2 is 1.93 bits per heavy atom. The monoisotopic (exact) mass is 370 g/mol. The summed E-state index contributed by atoms with van der Waals surface area (Å²) in [6.45, 7) is 1.92. The topological polar surface area (TPSA) is 71.0 Å². The van der Waals surface area contributed by atoms with E-state index < -0.39 is 0 Å². The van der Waals surface area contributed by atoms with E-state index in [-0.39, 0.29) is 18.7 Å². The number of carbonyl (C=O) groups is 1. The molecule has 6 heteroatoms. The van der Waals surface area contributed by atoms with Gasteiger partial charge in [-0.2, -0.15) is 0 Å². The molecule has 0 bridgehead atoms. The van der Waals surface area contributed by atoms with Gasteiger partial charge in [0.05, 0.1) is 19.3 Å². The number of hydrogen-bond acceptors (Lipinski definition) is 4. The summed E-state index contributed by atoms with van der Waals surface area (Å²) < 4.78 is 11.4. The van der Waals surface area contributed by atoms with Crippen molar-refractivity contribution in [2.75, 3.05) is 31.6 Å². The smallest absolute Gasteiger partial charge is 0.321 e. The van der Waals surface area contributed by atoms with Gasteiger partial charge in [0.2, 0.25) is 0 Å². The van der Waals surface area contributed by atoms with Gasteiger partial charge in [0.1, 0.15) is 12.4 Å². The molecule has 1 heterocycles. The Hall–Kier alpha value is -2.57. The van der Waals surface area contributed by atoms with Crippen LogP contribution in [0.4, 0.5) is 10.5 Å². The Labute approximate surface area is 159 Å². The van der Waals surface area contributed by atoms with Gasteiger partial charge in [0.15, 0.2) is 0 Å². The van der Waals surface area contributed by atoms with Crippen LogP contribution in [0.15, 0.2) is 54.6 Å². The molecule has 6 nitrogen and oxygen atoms in total. The number of likely N-dealkylation sites (tertiary alicyclic amines) is 1. The van der Waals surface area contributed by atoms with Gasteiger partial charge in [-0.3, -0.25) is 0 Å². The van der Waals surface area contributed by atoms with E-state index in [1.807, 2.05) is 54.6 Å². The average molecular weight is 370 g/mol. The fraction of sp³-hybridized carbons (Fsp3) is 0.381. The second-order valence-electron chi connectivity index (χ2n) is 6.49. The van der Waals surface area contributed by atoms with E-state index in [4.69, 9.17) is 14.6 Å². The molecule has 1 saturated heterocycles. The van der Waals surface area contributed by atoms with Gasteiger partial charge >= 0.3 is 6.03 Å². The molecule has 27 heavy (non-hydrogen) atoms. The molecular weight excluding hydrogens is 344 g/mol. The lowest BCUT2D eigenvalue weighted by molar-refractivity contribution is -0.00462. The standard InChI is InChI=1S/C21H26N2O4/c24-13-14-26-19-10-6-12-23(15-19)21(25)22-20-11-5-4-7-17(20)16-27-18-8-2-1-3-9-18/h1-5,7-9,11,19,24H,6,10,12-16H2,(H,22,25). The molecule has 2 aromatic rings. The third kappa shape index (κ3) is 5.70. The minimum atomic E-state index is -0.139. The zero-order chi connectivity index (χ0) is 18.9. The Kier molecular flexibility index (Phi) is 7.07. The number of nitrogens with one attached hydrogen (secondary N) is 1. The fourth-order valence-electron chi connectivity index (χ4n) is 3.12. The Morgan fingerprint density at radius 1 is 1.15 bits per heavy atom. The maximum Gasteiger partial charge on any atom is 0.321 e. The van der Waals surface area contributed by atoms with Crippen LogP contribution in [0, 0.1) is 0 Å². The first-order valence-electron chi connectivity index (χ1n) is 9.30. The summed E-state index contributed by atoms with van der Waals surface area (Å²) in [5.74, 6) is 0.790. The van der Waals surface area contributed by atoms with E-state index in [9.17, 15) is 4.79 Å². The van der Waals surface area contributed by atoms with Crippen molar-refractivity contribution >= 4 is 11.7 Å². The maximum atomic E-state index is 12.7. The summed E-state index contributed by atoms with van der Waals surface area (Å²) in [6, 6.07) is 17.1. The van der Waals surface area contributed by atoms with E-state index in [1.54, 1.807) is 4.90 Å². The largest absolute Gasteiger partial charge is 0.489 e. The minimum Gasteiger partial charge on any atom is -0.489 e. The van der Waals surface area contributed by atoms with Crippen LogP contribution in [0.25, 0.3) is 0 Å². The maximum absolute atomic E-state index is 12.7. The number of para-hydroxylation sites is 2. The fourth-order valence-corrected chi connectivity index (χ4v) is 3.12. The van der Waals surface area contributed by atoms with E-state index in [2.05, 4.69) is 5.32 Å². The summed E-state index contributed by atoms with van der Waals surface area (Å²) in [4.78, 5) is 14.4. The molecular formula is C21H26N2O4. The molecule has 3 rings (SSSR count). The van der Waals surface area contributed by atoms with Crippen LogP contribution in [0.5, 0.6) is 5.75 Å². The van der Waals surface area contributed by atoms with Gasteiger partial charge in [-0.15, -0.1) is 0 Å². The van der Waals surface area contributed by atoms with E-state index in [0.717, 1.165) is 29.8 Å². The van der Waals surface area contributed by atoms with Crippen LogP contribution in [-0.2, 0) is 11.3 Å². The zero-order valence-electron chi connectivity index (χ0n) is 15.3. The SMILES string of the molecule is O=C(Nc1ccccc1COc1ccccc1)N1CCCC(OCCO)C1. The highest BCUT2D eigenvalue weighted by Gasteiger charge is 2.24. The number of hydrogen-bond donors (Lipinski definition) is 2. The normalized spacial score (nSPS) is 16.8. The first-order valence-corrected chi connectivity index (χ1v) is 9.30. The molecule has 1 aliphatic rings. The summed E-state index contributed by atoms with van der Waals surface area (Å²) in [5.41, 5.74) is 1.66. The van der Waals surface area contributed by atoms with Gasteiger partial charge in [0, 0.05) is 24.3 Å². The van der Waals surface area contributed by atoms with Crippen LogP contribution in [-0.4, -0.2) is 48.4 Å². The van der Waals surface area contributed by atoms with Crippen LogP contribution in [0.1, 0.15) is 18.4 Å². The Bertz CT molecular complexity index is 723. The Balaban J connectivity index is 1.59. The molecule has 144 valence electrons. The molecule has 0 saturated carbocycles. The predicted molar refractivity (Wildman–Crippen MR) is 104 cm³/mol. The van der Waals surface area contributed by atoms with Crippen molar-refractivity contribution < 1.29 is 19.4 Å². The molecule has 2 N–H and O–H groups in total. The number of carbonyl (C=O) groups excluding carboxylic acids is 1. The number of urea groups is 1. The third-order valence-corrected chi connectivity index (χ3v) is 4.51. The van der Waals surface area contributed by atoms with E-state index in [0.29, 0.717) is 26.3 Å². The van der Waals surface area contributed by atoms with Crippen LogP contribution >= 0.6 is 0 Å². The molecule has 2 amide bonds. The minimum absolute atomic E-state index is 0.00249. The zero-order valence-corrected chi connectivity index (χ0v) is 15.3. The summed E-state index contributed by atoms with van der Waals surface area (Å²) in [7, 11) is 0. The van der Waals surface area contributed by atoms with Crippen molar-refractivity contribution in [2.24, 2.45) is 0 Å². The number of benzene rings is 2. The highest BCUT2D eigenvalue weighted by Crippen LogP contribution is 2.20. The summed E-state index contributed by atoms with van der Waals surface area (Å²) in [6.07, 6.45) is 1.78. The van der Waals surface area contributed by atoms with Gasteiger partial charge in [-0.25, -0.2) is 4.79 Å². The molecule has 1 atom stereocenters. The lowest BCUT2D eigenvalue weighted by atomic mass is 10.1. The van der Waals surface area contributed by atoms with E-state index in [1.165, 1.54) is 0 Å². The molecule has 0 aromatic heterocycles. The first kappa shape index (κ1) is 19.2. The molecule has 1 unspecified atom stereocenters. The first-order chi connectivity index (χ1) is 13.3. The van der Waals surface area contributed by atoms with Crippen molar-refractivity contribution in [3.8, 4) is 5.75 Å². The lowest BCUT2D eigenvalue weighted by Crippen LogP contribution is -2.45. The quantitative estimate of drug-likeness (QED) is 0.785. The number of amides is 2. The lowest BCUT2D eigenvalue weighted by Gasteiger charge is -2.32. The van der Waals surface area contributed by atoms with Crippen LogP contribution < -0.4 is 10.1 Å². The van der Waals surface area contributed by atoms with Crippen molar-refractivity contribution in [3.05, 3.63) is 60.2 Å². The van der Waals surface area contributed by atoms with Crippen LogP contribution in [0.3, 0.4) is 0 Å². The van der Waals surface area contributed by atoms with Crippen molar-refractivity contribution in [1.82, 2.24) is 4.90 Å². The average Bonchev–Trinajstić information content (AvgIpc) is 2.72. The second-order valence-corrected chi connectivity index (χ2v) is 6.49. The number of aliphatic hydroxyl groups excluding tert-OH is 1. The number of ether oxygens (including phenoxy) is 2. The van der Waals surface area contributed by atoms with Crippen molar-refractivity contribution in [3.63, 3.8) is 0 Å². The molecule has 0 radical (unpaired) electrons. The number of piperidine rings is 1. The Morgan fingerprint density at radius 3 is 2.74 bits per heavy atom.